The van der Waals surface area contributed by atoms with Crippen molar-refractivity contribution in [3.8, 4) is 0 Å². The summed E-state index contributed by atoms with van der Waals surface area (Å²) in [5, 5.41) is 23.4. The molecule has 0 fully saturated rings. The van der Waals surface area contributed by atoms with Crippen LogP contribution in [-0.2, 0) is 24.2 Å². The Labute approximate surface area is 195 Å². The monoisotopic (exact) mass is 454 g/mol. The minimum atomic E-state index is -1.11. The third kappa shape index (κ3) is 8.61. The molecule has 3 N–H and O–H groups in total. The fourth-order valence-electron chi connectivity index (χ4n) is 3.35. The van der Waals surface area contributed by atoms with E-state index in [1.807, 2.05) is 54.6 Å². The molecule has 0 radical (unpaired) electrons. The number of carbonyl (C=O) groups is 2. The number of benzene rings is 2. The van der Waals surface area contributed by atoms with Crippen LogP contribution >= 0.6 is 0 Å². The van der Waals surface area contributed by atoms with Gasteiger partial charge in [-0.25, -0.2) is 9.59 Å². The summed E-state index contributed by atoms with van der Waals surface area (Å²) in [5.74, 6) is 0. The Balaban J connectivity index is 2.13. The van der Waals surface area contributed by atoms with Gasteiger partial charge in [0.15, 0.2) is 0 Å². The molecule has 0 saturated carbocycles. The Bertz CT molecular complexity index is 935. The molecule has 2 rings (SSSR count). The maximum Gasteiger partial charge on any atom is 0.407 e. The number of ether oxygens (including phenoxy) is 1. The summed E-state index contributed by atoms with van der Waals surface area (Å²) in [7, 11) is 0. The lowest BCUT2D eigenvalue weighted by molar-refractivity contribution is 0.0523. The fraction of sp³-hybridized carbons (Fsp3) is 0.385. The van der Waals surface area contributed by atoms with Crippen molar-refractivity contribution < 1.29 is 24.5 Å². The number of hydrogen-bond donors (Lipinski definition) is 3. The Morgan fingerprint density at radius 1 is 1.03 bits per heavy atom. The molecule has 33 heavy (non-hydrogen) atoms. The van der Waals surface area contributed by atoms with E-state index >= 15 is 0 Å². The molecule has 0 unspecified atom stereocenters. The number of carbonyl (C=O) groups excluding carboxylic acids is 1. The SMILES string of the molecule is C=C(C)[C@H](O)[C@H](Cc1ccc(CNC(=O)OC(C)(C)C)cc1)N(Cc1ccccc1)C(=O)O. The summed E-state index contributed by atoms with van der Waals surface area (Å²) >= 11 is 0. The number of carboxylic acid groups (broad SMARTS) is 1. The number of nitrogens with one attached hydrogen (secondary N) is 1. The molecule has 0 spiro atoms. The van der Waals surface area contributed by atoms with E-state index in [1.54, 1.807) is 27.7 Å². The second-order valence-electron chi connectivity index (χ2n) is 9.13. The van der Waals surface area contributed by atoms with Gasteiger partial charge in [-0.2, -0.15) is 0 Å². The highest BCUT2D eigenvalue weighted by Crippen LogP contribution is 2.20. The molecule has 7 nitrogen and oxygen atoms in total. The number of nitrogens with zero attached hydrogens (tertiary/aromatic N) is 1. The van der Waals surface area contributed by atoms with E-state index in [9.17, 15) is 19.8 Å². The maximum absolute atomic E-state index is 12.1. The highest BCUT2D eigenvalue weighted by molar-refractivity contribution is 5.67. The minimum Gasteiger partial charge on any atom is -0.465 e. The summed E-state index contributed by atoms with van der Waals surface area (Å²) in [6.45, 7) is 11.4. The average Bonchev–Trinajstić information content (AvgIpc) is 2.74. The van der Waals surface area contributed by atoms with Gasteiger partial charge in [-0.15, -0.1) is 0 Å². The Morgan fingerprint density at radius 2 is 1.61 bits per heavy atom. The molecule has 0 heterocycles. The molecule has 0 aromatic heterocycles. The van der Waals surface area contributed by atoms with Crippen LogP contribution in [-0.4, -0.2) is 45.0 Å². The molecule has 0 saturated heterocycles. The molecule has 0 aliphatic heterocycles. The predicted octanol–water partition coefficient (Wildman–Crippen LogP) is 4.74. The van der Waals surface area contributed by atoms with E-state index < -0.39 is 29.9 Å². The van der Waals surface area contributed by atoms with Crippen molar-refractivity contribution in [3.63, 3.8) is 0 Å². The van der Waals surface area contributed by atoms with Crippen molar-refractivity contribution in [1.29, 1.82) is 0 Å². The minimum absolute atomic E-state index is 0.156. The summed E-state index contributed by atoms with van der Waals surface area (Å²) < 4.78 is 5.23. The maximum atomic E-state index is 12.1. The molecule has 0 aliphatic carbocycles. The third-order valence-corrected chi connectivity index (χ3v) is 5.01. The lowest BCUT2D eigenvalue weighted by Gasteiger charge is -2.33. The van der Waals surface area contributed by atoms with E-state index in [2.05, 4.69) is 11.9 Å². The average molecular weight is 455 g/mol. The van der Waals surface area contributed by atoms with Gasteiger partial charge in [0.2, 0.25) is 0 Å². The molecule has 0 aliphatic rings. The molecule has 2 aromatic carbocycles. The smallest absolute Gasteiger partial charge is 0.407 e. The number of aliphatic hydroxyl groups excluding tert-OH is 1. The first-order valence-corrected chi connectivity index (χ1v) is 10.9. The van der Waals surface area contributed by atoms with Gasteiger partial charge < -0.3 is 20.3 Å². The highest BCUT2D eigenvalue weighted by atomic mass is 16.6. The third-order valence-electron chi connectivity index (χ3n) is 5.01. The van der Waals surface area contributed by atoms with Crippen LogP contribution in [0.3, 0.4) is 0 Å². The number of aliphatic hydroxyl groups is 1. The summed E-state index contributed by atoms with van der Waals surface area (Å²) in [4.78, 5) is 25.2. The van der Waals surface area contributed by atoms with Gasteiger partial charge in [-0.3, -0.25) is 4.90 Å². The van der Waals surface area contributed by atoms with E-state index in [0.29, 0.717) is 18.5 Å². The quantitative estimate of drug-likeness (QED) is 0.475. The largest absolute Gasteiger partial charge is 0.465 e. The molecule has 2 aromatic rings. The van der Waals surface area contributed by atoms with Crippen LogP contribution in [0.2, 0.25) is 0 Å². The van der Waals surface area contributed by atoms with Gasteiger partial charge in [-0.1, -0.05) is 66.7 Å². The fourth-order valence-corrected chi connectivity index (χ4v) is 3.35. The predicted molar refractivity (Wildman–Crippen MR) is 128 cm³/mol. The van der Waals surface area contributed by atoms with Gasteiger partial charge in [0.05, 0.1) is 12.1 Å². The van der Waals surface area contributed by atoms with E-state index in [4.69, 9.17) is 4.74 Å². The van der Waals surface area contributed by atoms with Crippen LogP contribution in [0.1, 0.15) is 44.4 Å². The number of amides is 2. The van der Waals surface area contributed by atoms with Crippen molar-refractivity contribution in [2.45, 2.75) is 65.0 Å². The molecule has 2 amide bonds. The second kappa shape index (κ2) is 11.5. The number of alkyl carbamates (subject to hydrolysis) is 1. The molecule has 178 valence electrons. The van der Waals surface area contributed by atoms with Gasteiger partial charge >= 0.3 is 12.2 Å². The van der Waals surface area contributed by atoms with Crippen LogP contribution in [0, 0.1) is 0 Å². The summed E-state index contributed by atoms with van der Waals surface area (Å²) in [6.07, 6.45) is -2.30. The summed E-state index contributed by atoms with van der Waals surface area (Å²) in [6, 6.07) is 16.0. The lowest BCUT2D eigenvalue weighted by atomic mass is 9.95. The molecular formula is C26H34N2O5. The van der Waals surface area contributed by atoms with Gasteiger partial charge in [0.25, 0.3) is 0 Å². The Hall–Kier alpha value is -3.32. The molecular weight excluding hydrogens is 420 g/mol. The first-order chi connectivity index (χ1) is 15.5. The van der Waals surface area contributed by atoms with Crippen LogP contribution in [0.5, 0.6) is 0 Å². The Kier molecular flexibility index (Phi) is 9.05. The standard InChI is InChI=1S/C26H34N2O5/c1-18(2)23(29)22(28(25(31)32)17-21-9-7-6-8-10-21)15-19-11-13-20(14-12-19)16-27-24(30)33-26(3,4)5/h6-14,22-23,29H,1,15-17H2,2-5H3,(H,27,30)(H,31,32)/t22-,23-/m0/s1. The van der Waals surface area contributed by atoms with Gasteiger partial charge in [-0.05, 0) is 50.8 Å². The van der Waals surface area contributed by atoms with Crippen molar-refractivity contribution in [3.05, 3.63) is 83.4 Å². The normalized spacial score (nSPS) is 13.0. The lowest BCUT2D eigenvalue weighted by Crippen LogP contribution is -2.47. The summed E-state index contributed by atoms with van der Waals surface area (Å²) in [5.41, 5.74) is 2.50. The van der Waals surface area contributed by atoms with E-state index in [1.165, 1.54) is 4.90 Å². The molecule has 7 heteroatoms. The topological polar surface area (TPSA) is 99.1 Å². The highest BCUT2D eigenvalue weighted by Gasteiger charge is 2.30. The number of rotatable bonds is 9. The van der Waals surface area contributed by atoms with Crippen LogP contribution < -0.4 is 5.32 Å². The zero-order chi connectivity index (χ0) is 24.6. The van der Waals surface area contributed by atoms with Crippen molar-refractivity contribution in [2.75, 3.05) is 0 Å². The molecule has 2 atom stereocenters. The van der Waals surface area contributed by atoms with Crippen molar-refractivity contribution in [2.24, 2.45) is 0 Å². The van der Waals surface area contributed by atoms with Gasteiger partial charge in [0.1, 0.15) is 5.60 Å². The van der Waals surface area contributed by atoms with Crippen LogP contribution in [0.25, 0.3) is 0 Å². The zero-order valence-corrected chi connectivity index (χ0v) is 19.7. The van der Waals surface area contributed by atoms with E-state index in [0.717, 1.165) is 16.7 Å². The number of hydrogen-bond acceptors (Lipinski definition) is 4. The first kappa shape index (κ1) is 25.9. The second-order valence-corrected chi connectivity index (χ2v) is 9.13. The van der Waals surface area contributed by atoms with Gasteiger partial charge in [0, 0.05) is 13.1 Å². The van der Waals surface area contributed by atoms with Crippen LogP contribution in [0.15, 0.2) is 66.7 Å². The van der Waals surface area contributed by atoms with Crippen molar-refractivity contribution in [1.82, 2.24) is 10.2 Å². The van der Waals surface area contributed by atoms with Crippen LogP contribution in [0.4, 0.5) is 9.59 Å². The zero-order valence-electron chi connectivity index (χ0n) is 19.7. The molecule has 0 bridgehead atoms. The first-order valence-electron chi connectivity index (χ1n) is 10.9. The Morgan fingerprint density at radius 3 is 2.12 bits per heavy atom. The van der Waals surface area contributed by atoms with E-state index in [-0.39, 0.29) is 6.54 Å². The van der Waals surface area contributed by atoms with Crippen molar-refractivity contribution >= 4 is 12.2 Å².